The highest BCUT2D eigenvalue weighted by molar-refractivity contribution is 5.78. The average Bonchev–Trinajstić information content (AvgIpc) is 2.30. The van der Waals surface area contributed by atoms with Crippen LogP contribution in [0.25, 0.3) is 0 Å². The third-order valence-electron chi connectivity index (χ3n) is 3.93. The van der Waals surface area contributed by atoms with Gasteiger partial charge in [-0.05, 0) is 54.0 Å². The third kappa shape index (κ3) is 5.57. The number of morpholine rings is 1. The predicted molar refractivity (Wildman–Crippen MR) is 84.6 cm³/mol. The monoisotopic (exact) mass is 300 g/mol. The van der Waals surface area contributed by atoms with Crippen molar-refractivity contribution in [3.05, 3.63) is 0 Å². The Labute approximate surface area is 129 Å². The van der Waals surface area contributed by atoms with E-state index < -0.39 is 11.5 Å². The second-order valence-corrected chi connectivity index (χ2v) is 7.65. The van der Waals surface area contributed by atoms with E-state index in [0.717, 1.165) is 32.6 Å². The lowest BCUT2D eigenvalue weighted by atomic mass is 9.94. The molecule has 1 heterocycles. The van der Waals surface area contributed by atoms with Gasteiger partial charge in [-0.15, -0.1) is 0 Å². The van der Waals surface area contributed by atoms with E-state index in [1.54, 1.807) is 6.92 Å². The van der Waals surface area contributed by atoms with Gasteiger partial charge in [-0.25, -0.2) is 0 Å². The molecule has 1 atom stereocenters. The van der Waals surface area contributed by atoms with Crippen LogP contribution in [0.1, 0.15) is 54.4 Å². The second-order valence-electron chi connectivity index (χ2n) is 7.65. The van der Waals surface area contributed by atoms with Crippen LogP contribution in [0.3, 0.4) is 0 Å². The molecule has 0 aliphatic carbocycles. The van der Waals surface area contributed by atoms with Crippen molar-refractivity contribution in [2.75, 3.05) is 26.2 Å². The fourth-order valence-electron chi connectivity index (χ4n) is 3.16. The molecular formula is C16H32N2O3. The van der Waals surface area contributed by atoms with Gasteiger partial charge in [0.25, 0.3) is 0 Å². The Balaban J connectivity index is 2.65. The predicted octanol–water partition coefficient (Wildman–Crippen LogP) is 2.11. The Morgan fingerprint density at radius 3 is 2.24 bits per heavy atom. The van der Waals surface area contributed by atoms with Crippen LogP contribution in [0.2, 0.25) is 0 Å². The van der Waals surface area contributed by atoms with Crippen LogP contribution < -0.4 is 5.32 Å². The van der Waals surface area contributed by atoms with Crippen LogP contribution in [-0.2, 0) is 9.53 Å². The summed E-state index contributed by atoms with van der Waals surface area (Å²) in [5.74, 6) is -0.775. The molecule has 0 amide bonds. The zero-order chi connectivity index (χ0) is 16.3. The highest BCUT2D eigenvalue weighted by Crippen LogP contribution is 2.28. The van der Waals surface area contributed by atoms with Crippen molar-refractivity contribution in [3.8, 4) is 0 Å². The number of carboxylic acids is 1. The van der Waals surface area contributed by atoms with Crippen LogP contribution in [0.15, 0.2) is 0 Å². The van der Waals surface area contributed by atoms with E-state index in [1.165, 1.54) is 0 Å². The summed E-state index contributed by atoms with van der Waals surface area (Å²) < 4.78 is 6.06. The van der Waals surface area contributed by atoms with Crippen molar-refractivity contribution >= 4 is 5.97 Å². The standard InChI is InChI=1S/C16H32N2O3/c1-7-9-17-16(6,13(19)20)8-10-18-11-14(2,3)21-15(4,5)12-18/h17H,7-12H2,1-6H3,(H,19,20). The Kier molecular flexibility index (Phi) is 5.81. The van der Waals surface area contributed by atoms with Crippen molar-refractivity contribution < 1.29 is 14.6 Å². The third-order valence-corrected chi connectivity index (χ3v) is 3.93. The first-order valence-corrected chi connectivity index (χ1v) is 7.91. The molecule has 0 bridgehead atoms. The number of rotatable bonds is 7. The van der Waals surface area contributed by atoms with Crippen LogP contribution >= 0.6 is 0 Å². The quantitative estimate of drug-likeness (QED) is 0.754. The molecule has 0 saturated carbocycles. The fourth-order valence-corrected chi connectivity index (χ4v) is 3.16. The molecule has 1 rings (SSSR count). The number of nitrogens with zero attached hydrogens (tertiary/aromatic N) is 1. The van der Waals surface area contributed by atoms with Gasteiger partial charge >= 0.3 is 5.97 Å². The van der Waals surface area contributed by atoms with Crippen LogP contribution in [0.4, 0.5) is 0 Å². The topological polar surface area (TPSA) is 61.8 Å². The van der Waals surface area contributed by atoms with E-state index in [4.69, 9.17) is 4.74 Å². The first kappa shape index (κ1) is 18.4. The number of carbonyl (C=O) groups is 1. The molecule has 1 fully saturated rings. The molecule has 1 saturated heterocycles. The van der Waals surface area contributed by atoms with Crippen LogP contribution in [0, 0.1) is 0 Å². The van der Waals surface area contributed by atoms with Crippen molar-refractivity contribution in [3.63, 3.8) is 0 Å². The van der Waals surface area contributed by atoms with Crippen molar-refractivity contribution in [1.29, 1.82) is 0 Å². The van der Waals surface area contributed by atoms with E-state index >= 15 is 0 Å². The molecule has 1 unspecified atom stereocenters. The first-order valence-electron chi connectivity index (χ1n) is 7.91. The second kappa shape index (κ2) is 6.63. The minimum atomic E-state index is -0.859. The van der Waals surface area contributed by atoms with Gasteiger partial charge < -0.3 is 15.2 Å². The molecule has 1 aliphatic heterocycles. The maximum Gasteiger partial charge on any atom is 0.323 e. The number of nitrogens with one attached hydrogen (secondary N) is 1. The van der Waals surface area contributed by atoms with E-state index in [-0.39, 0.29) is 11.2 Å². The zero-order valence-electron chi connectivity index (χ0n) is 14.5. The Hall–Kier alpha value is -0.650. The minimum absolute atomic E-state index is 0.196. The van der Waals surface area contributed by atoms with E-state index in [1.807, 2.05) is 6.92 Å². The fraction of sp³-hybridized carbons (Fsp3) is 0.938. The average molecular weight is 300 g/mol. The van der Waals surface area contributed by atoms with E-state index in [2.05, 4.69) is 37.9 Å². The van der Waals surface area contributed by atoms with Gasteiger partial charge in [0.15, 0.2) is 0 Å². The SMILES string of the molecule is CCCNC(C)(CCN1CC(C)(C)OC(C)(C)C1)C(=O)O. The number of hydrogen-bond donors (Lipinski definition) is 2. The van der Waals surface area contributed by atoms with Crippen molar-refractivity contribution in [1.82, 2.24) is 10.2 Å². The lowest BCUT2D eigenvalue weighted by Crippen LogP contribution is -2.59. The zero-order valence-corrected chi connectivity index (χ0v) is 14.5. The largest absolute Gasteiger partial charge is 0.480 e. The summed E-state index contributed by atoms with van der Waals surface area (Å²) >= 11 is 0. The molecule has 0 spiro atoms. The van der Waals surface area contributed by atoms with Crippen molar-refractivity contribution in [2.45, 2.75) is 71.1 Å². The summed E-state index contributed by atoms with van der Waals surface area (Å²) in [7, 11) is 0. The Morgan fingerprint density at radius 1 is 1.29 bits per heavy atom. The summed E-state index contributed by atoms with van der Waals surface area (Å²) in [5.41, 5.74) is -1.25. The van der Waals surface area contributed by atoms with Gasteiger partial charge in [0.05, 0.1) is 11.2 Å². The maximum atomic E-state index is 11.5. The number of carboxylic acid groups (broad SMARTS) is 1. The van der Waals surface area contributed by atoms with Gasteiger partial charge in [0, 0.05) is 19.6 Å². The van der Waals surface area contributed by atoms with Gasteiger partial charge in [-0.2, -0.15) is 0 Å². The van der Waals surface area contributed by atoms with Gasteiger partial charge in [-0.1, -0.05) is 6.92 Å². The number of hydrogen-bond acceptors (Lipinski definition) is 4. The highest BCUT2D eigenvalue weighted by Gasteiger charge is 2.39. The molecule has 21 heavy (non-hydrogen) atoms. The summed E-state index contributed by atoms with van der Waals surface area (Å²) in [6.45, 7) is 15.3. The van der Waals surface area contributed by atoms with Crippen molar-refractivity contribution in [2.24, 2.45) is 0 Å². The number of aliphatic carboxylic acids is 1. The lowest BCUT2D eigenvalue weighted by Gasteiger charge is -2.47. The molecule has 1 aliphatic rings. The van der Waals surface area contributed by atoms with Gasteiger partial charge in [0.1, 0.15) is 5.54 Å². The number of ether oxygens (including phenoxy) is 1. The van der Waals surface area contributed by atoms with Crippen LogP contribution in [-0.4, -0.2) is 58.9 Å². The van der Waals surface area contributed by atoms with Crippen LogP contribution in [0.5, 0.6) is 0 Å². The van der Waals surface area contributed by atoms with Gasteiger partial charge in [-0.3, -0.25) is 9.69 Å². The summed E-state index contributed by atoms with van der Waals surface area (Å²) in [4.78, 5) is 13.9. The minimum Gasteiger partial charge on any atom is -0.480 e. The smallest absolute Gasteiger partial charge is 0.323 e. The highest BCUT2D eigenvalue weighted by atomic mass is 16.5. The molecule has 5 heteroatoms. The summed E-state index contributed by atoms with van der Waals surface area (Å²) in [6.07, 6.45) is 1.52. The maximum absolute atomic E-state index is 11.5. The molecule has 5 nitrogen and oxygen atoms in total. The van der Waals surface area contributed by atoms with E-state index in [0.29, 0.717) is 6.42 Å². The molecular weight excluding hydrogens is 268 g/mol. The molecule has 0 aromatic carbocycles. The lowest BCUT2D eigenvalue weighted by molar-refractivity contribution is -0.181. The normalized spacial score (nSPS) is 24.5. The van der Waals surface area contributed by atoms with Gasteiger partial charge in [0.2, 0.25) is 0 Å². The molecule has 124 valence electrons. The van der Waals surface area contributed by atoms with E-state index in [9.17, 15) is 9.90 Å². The molecule has 0 aromatic rings. The first-order chi connectivity index (χ1) is 9.50. The molecule has 2 N–H and O–H groups in total. The molecule has 0 aromatic heterocycles. The molecule has 0 radical (unpaired) electrons. The summed E-state index contributed by atoms with van der Waals surface area (Å²) in [6, 6.07) is 0. The Bertz CT molecular complexity index is 353. The summed E-state index contributed by atoms with van der Waals surface area (Å²) in [5, 5.41) is 12.7. The Morgan fingerprint density at radius 2 is 1.81 bits per heavy atom.